The molecule has 1 aromatic heterocycles. The van der Waals surface area contributed by atoms with Crippen LogP contribution in [0.1, 0.15) is 34.1 Å². The monoisotopic (exact) mass is 497 g/mol. The number of halogens is 1. The summed E-state index contributed by atoms with van der Waals surface area (Å²) in [6.07, 6.45) is 1.47. The Morgan fingerprint density at radius 3 is 2.43 bits per heavy atom. The minimum Gasteiger partial charge on any atom is -0.507 e. The minimum atomic E-state index is -0.914. The molecule has 3 aromatic carbocycles. The quantitative estimate of drug-likeness (QED) is 0.195. The number of aryl methyl sites for hydroxylation is 1. The van der Waals surface area contributed by atoms with Crippen LogP contribution in [0.3, 0.4) is 0 Å². The third kappa shape index (κ3) is 5.02. The Labute approximate surface area is 213 Å². The molecule has 4 aromatic rings. The average Bonchev–Trinajstić information content (AvgIpc) is 3.50. The van der Waals surface area contributed by atoms with Crippen LogP contribution in [0.15, 0.2) is 101 Å². The molecule has 0 aliphatic carbocycles. The van der Waals surface area contributed by atoms with Crippen molar-refractivity contribution in [1.82, 2.24) is 4.90 Å². The van der Waals surface area contributed by atoms with Gasteiger partial charge >= 0.3 is 0 Å². The zero-order valence-electron chi connectivity index (χ0n) is 20.1. The summed E-state index contributed by atoms with van der Waals surface area (Å²) in [6.45, 7) is 2.41. The first-order valence-corrected chi connectivity index (χ1v) is 11.8. The van der Waals surface area contributed by atoms with Crippen molar-refractivity contribution < 1.29 is 28.2 Å². The van der Waals surface area contributed by atoms with Gasteiger partial charge in [0.25, 0.3) is 11.7 Å². The van der Waals surface area contributed by atoms with E-state index in [4.69, 9.17) is 9.15 Å². The lowest BCUT2D eigenvalue weighted by Gasteiger charge is -2.24. The minimum absolute atomic E-state index is 0.0160. The second kappa shape index (κ2) is 10.1. The van der Waals surface area contributed by atoms with Gasteiger partial charge in [0.15, 0.2) is 0 Å². The number of ketones is 1. The van der Waals surface area contributed by atoms with Crippen LogP contribution < -0.4 is 4.74 Å². The van der Waals surface area contributed by atoms with E-state index in [9.17, 15) is 19.1 Å². The van der Waals surface area contributed by atoms with Gasteiger partial charge in [-0.3, -0.25) is 9.59 Å². The van der Waals surface area contributed by atoms with Crippen molar-refractivity contribution in [3.63, 3.8) is 0 Å². The summed E-state index contributed by atoms with van der Waals surface area (Å²) in [5, 5.41) is 11.2. The predicted molar refractivity (Wildman–Crippen MR) is 135 cm³/mol. The number of carbonyl (C=O) groups is 2. The molecule has 1 amide bonds. The summed E-state index contributed by atoms with van der Waals surface area (Å²) < 4.78 is 24.9. The van der Waals surface area contributed by atoms with Gasteiger partial charge in [0.05, 0.1) is 24.4 Å². The van der Waals surface area contributed by atoms with Gasteiger partial charge in [-0.15, -0.1) is 0 Å². The lowest BCUT2D eigenvalue weighted by molar-refractivity contribution is -0.140. The van der Waals surface area contributed by atoms with Crippen LogP contribution in [-0.2, 0) is 22.7 Å². The van der Waals surface area contributed by atoms with Crippen molar-refractivity contribution in [3.05, 3.63) is 131 Å². The van der Waals surface area contributed by atoms with Gasteiger partial charge in [-0.25, -0.2) is 4.39 Å². The number of likely N-dealkylation sites (tertiary alicyclic amines) is 1. The summed E-state index contributed by atoms with van der Waals surface area (Å²) in [6, 6.07) is 22.6. The molecular formula is C30H24FNO5. The molecule has 7 heteroatoms. The second-order valence-corrected chi connectivity index (χ2v) is 8.86. The highest BCUT2D eigenvalue weighted by atomic mass is 19.1. The topological polar surface area (TPSA) is 80.0 Å². The fourth-order valence-electron chi connectivity index (χ4n) is 4.44. The first-order valence-electron chi connectivity index (χ1n) is 11.8. The number of ether oxygens (including phenoxy) is 1. The predicted octanol–water partition coefficient (Wildman–Crippen LogP) is 5.93. The van der Waals surface area contributed by atoms with Crippen molar-refractivity contribution in [1.29, 1.82) is 0 Å². The molecule has 37 heavy (non-hydrogen) atoms. The smallest absolute Gasteiger partial charge is 0.296 e. The van der Waals surface area contributed by atoms with E-state index in [2.05, 4.69) is 0 Å². The SMILES string of the molecule is Cc1cccc(COc2ccc(C(O)=C3C(=O)C(=O)N(Cc4ccco4)C3c3ccc(F)cc3)cc2)c1. The molecule has 1 fully saturated rings. The average molecular weight is 498 g/mol. The van der Waals surface area contributed by atoms with Crippen LogP contribution in [-0.4, -0.2) is 21.7 Å². The van der Waals surface area contributed by atoms with E-state index < -0.39 is 23.5 Å². The number of hydrogen-bond donors (Lipinski definition) is 1. The van der Waals surface area contributed by atoms with Crippen LogP contribution in [0.25, 0.3) is 5.76 Å². The highest BCUT2D eigenvalue weighted by Gasteiger charge is 2.46. The largest absolute Gasteiger partial charge is 0.507 e. The Hall–Kier alpha value is -4.65. The summed E-state index contributed by atoms with van der Waals surface area (Å²) in [7, 11) is 0. The number of nitrogens with zero attached hydrogens (tertiary/aromatic N) is 1. The molecule has 0 saturated carbocycles. The maximum absolute atomic E-state index is 13.6. The van der Waals surface area contributed by atoms with Crippen molar-refractivity contribution in [2.24, 2.45) is 0 Å². The Balaban J connectivity index is 1.46. The van der Waals surface area contributed by atoms with Gasteiger partial charge in [0.2, 0.25) is 0 Å². The van der Waals surface area contributed by atoms with Crippen molar-refractivity contribution in [2.45, 2.75) is 26.1 Å². The van der Waals surface area contributed by atoms with Gasteiger partial charge in [-0.2, -0.15) is 0 Å². The Morgan fingerprint density at radius 1 is 1.00 bits per heavy atom. The van der Waals surface area contributed by atoms with Crippen molar-refractivity contribution >= 4 is 17.4 Å². The molecule has 186 valence electrons. The van der Waals surface area contributed by atoms with Crippen molar-refractivity contribution in [3.8, 4) is 5.75 Å². The molecule has 2 heterocycles. The van der Waals surface area contributed by atoms with Crippen LogP contribution in [0.5, 0.6) is 5.75 Å². The van der Waals surface area contributed by atoms with Gasteiger partial charge in [-0.05, 0) is 66.6 Å². The maximum Gasteiger partial charge on any atom is 0.296 e. The molecule has 1 aliphatic rings. The van der Waals surface area contributed by atoms with Crippen LogP contribution in [0, 0.1) is 12.7 Å². The van der Waals surface area contributed by atoms with Crippen LogP contribution >= 0.6 is 0 Å². The second-order valence-electron chi connectivity index (χ2n) is 8.86. The lowest BCUT2D eigenvalue weighted by atomic mass is 9.95. The van der Waals surface area contributed by atoms with E-state index in [0.29, 0.717) is 29.2 Å². The Bertz CT molecular complexity index is 1460. The number of hydrogen-bond acceptors (Lipinski definition) is 5. The number of rotatable bonds is 7. The number of carbonyl (C=O) groups excluding carboxylic acids is 2. The molecule has 0 radical (unpaired) electrons. The third-order valence-corrected chi connectivity index (χ3v) is 6.25. The number of aliphatic hydroxyl groups excluding tert-OH is 1. The summed E-state index contributed by atoms with van der Waals surface area (Å²) >= 11 is 0. The van der Waals surface area contributed by atoms with E-state index >= 15 is 0 Å². The van der Waals surface area contributed by atoms with Gasteiger partial charge < -0.3 is 19.2 Å². The zero-order valence-corrected chi connectivity index (χ0v) is 20.1. The number of benzene rings is 3. The molecule has 1 atom stereocenters. The molecule has 1 unspecified atom stereocenters. The summed E-state index contributed by atoms with van der Waals surface area (Å²) in [5.41, 5.74) is 2.94. The van der Waals surface area contributed by atoms with Gasteiger partial charge in [0, 0.05) is 5.56 Å². The number of aliphatic hydroxyl groups is 1. The molecule has 1 N–H and O–H groups in total. The number of Topliss-reactive ketones (excluding diaryl/α,β-unsaturated/α-hetero) is 1. The molecule has 1 saturated heterocycles. The molecule has 6 nitrogen and oxygen atoms in total. The fraction of sp³-hybridized carbons (Fsp3) is 0.133. The zero-order chi connectivity index (χ0) is 25.9. The van der Waals surface area contributed by atoms with E-state index in [1.54, 1.807) is 36.4 Å². The Kier molecular flexibility index (Phi) is 6.60. The van der Waals surface area contributed by atoms with E-state index in [-0.39, 0.29) is 17.9 Å². The van der Waals surface area contributed by atoms with Gasteiger partial charge in [-0.1, -0.05) is 42.0 Å². The first kappa shape index (κ1) is 24.1. The molecule has 0 spiro atoms. The third-order valence-electron chi connectivity index (χ3n) is 6.25. The molecule has 1 aliphatic heterocycles. The normalized spacial score (nSPS) is 16.8. The Morgan fingerprint density at radius 2 is 1.76 bits per heavy atom. The maximum atomic E-state index is 13.6. The molecule has 5 rings (SSSR count). The molecular weight excluding hydrogens is 473 g/mol. The number of furan rings is 1. The molecule has 0 bridgehead atoms. The van der Waals surface area contributed by atoms with Crippen LogP contribution in [0.2, 0.25) is 0 Å². The van der Waals surface area contributed by atoms with Crippen molar-refractivity contribution in [2.75, 3.05) is 0 Å². The summed E-state index contributed by atoms with van der Waals surface area (Å²) in [4.78, 5) is 27.5. The lowest BCUT2D eigenvalue weighted by Crippen LogP contribution is -2.29. The first-order chi connectivity index (χ1) is 17.9. The number of amides is 1. The summed E-state index contributed by atoms with van der Waals surface area (Å²) in [5.74, 6) is -1.30. The fourth-order valence-corrected chi connectivity index (χ4v) is 4.44. The van der Waals surface area contributed by atoms with Crippen LogP contribution in [0.4, 0.5) is 4.39 Å². The standard InChI is InChI=1S/C30H24FNO5/c1-19-4-2-5-20(16-19)18-37-24-13-9-22(10-14-24)28(33)26-27(21-7-11-23(31)12-8-21)32(30(35)29(26)34)17-25-6-3-15-36-25/h2-16,27,33H,17-18H2,1H3. The van der Waals surface area contributed by atoms with E-state index in [0.717, 1.165) is 11.1 Å². The van der Waals surface area contributed by atoms with Gasteiger partial charge in [0.1, 0.15) is 29.7 Å². The van der Waals surface area contributed by atoms with E-state index in [1.807, 2.05) is 31.2 Å². The highest BCUT2D eigenvalue weighted by Crippen LogP contribution is 2.40. The highest BCUT2D eigenvalue weighted by molar-refractivity contribution is 6.46. The van der Waals surface area contributed by atoms with E-state index in [1.165, 1.54) is 35.4 Å².